The Bertz CT molecular complexity index is 1120. The van der Waals surface area contributed by atoms with Crippen LogP contribution in [-0.2, 0) is 4.79 Å². The van der Waals surface area contributed by atoms with Crippen molar-refractivity contribution in [2.75, 3.05) is 11.9 Å². The lowest BCUT2D eigenvalue weighted by atomic mass is 10.1. The highest BCUT2D eigenvalue weighted by molar-refractivity contribution is 5.95. The summed E-state index contributed by atoms with van der Waals surface area (Å²) in [6.07, 6.45) is 0. The topological polar surface area (TPSA) is 77.2 Å². The second-order valence-electron chi connectivity index (χ2n) is 6.49. The van der Waals surface area contributed by atoms with Gasteiger partial charge in [0.15, 0.2) is 6.61 Å². The molecule has 0 unspecified atom stereocenters. The number of nitrogens with zero attached hydrogens (tertiary/aromatic N) is 2. The summed E-state index contributed by atoms with van der Waals surface area (Å²) in [7, 11) is 0. The maximum atomic E-state index is 12.3. The Kier molecular flexibility index (Phi) is 5.33. The van der Waals surface area contributed by atoms with Gasteiger partial charge in [0.25, 0.3) is 11.8 Å². The summed E-state index contributed by atoms with van der Waals surface area (Å²) < 4.78 is 10.9. The quantitative estimate of drug-likeness (QED) is 0.519. The predicted molar refractivity (Wildman–Crippen MR) is 110 cm³/mol. The lowest BCUT2D eigenvalue weighted by Gasteiger charge is -2.09. The molecule has 1 N–H and O–H groups in total. The molecule has 0 saturated heterocycles. The molecule has 0 saturated carbocycles. The van der Waals surface area contributed by atoms with Crippen molar-refractivity contribution in [3.63, 3.8) is 0 Å². The van der Waals surface area contributed by atoms with E-state index in [1.54, 1.807) is 18.2 Å². The molecule has 3 aromatic carbocycles. The molecule has 144 valence electrons. The standard InChI is InChI=1S/C23H19N3O3/c1-16-8-7-9-17(14-16)22-25-23(29-26-22)19-12-5-6-13-20(19)24-21(27)15-28-18-10-3-2-4-11-18/h2-14H,15H2,1H3,(H,24,27). The summed E-state index contributed by atoms with van der Waals surface area (Å²) in [4.78, 5) is 16.8. The van der Waals surface area contributed by atoms with E-state index in [1.807, 2.05) is 67.6 Å². The van der Waals surface area contributed by atoms with Crippen LogP contribution in [0.15, 0.2) is 83.4 Å². The molecule has 4 aromatic rings. The number of hydrogen-bond donors (Lipinski definition) is 1. The van der Waals surface area contributed by atoms with Gasteiger partial charge in [0.1, 0.15) is 5.75 Å². The molecule has 29 heavy (non-hydrogen) atoms. The first-order valence-corrected chi connectivity index (χ1v) is 9.17. The van der Waals surface area contributed by atoms with Crippen molar-refractivity contribution in [1.82, 2.24) is 10.1 Å². The number of benzene rings is 3. The molecule has 4 rings (SSSR count). The molecule has 0 radical (unpaired) electrons. The van der Waals surface area contributed by atoms with Crippen molar-refractivity contribution in [2.45, 2.75) is 6.92 Å². The number of para-hydroxylation sites is 2. The monoisotopic (exact) mass is 385 g/mol. The van der Waals surface area contributed by atoms with E-state index in [-0.39, 0.29) is 12.5 Å². The second-order valence-corrected chi connectivity index (χ2v) is 6.49. The van der Waals surface area contributed by atoms with Gasteiger partial charge in [-0.3, -0.25) is 4.79 Å². The van der Waals surface area contributed by atoms with E-state index in [0.29, 0.717) is 28.7 Å². The van der Waals surface area contributed by atoms with E-state index in [1.165, 1.54) is 0 Å². The van der Waals surface area contributed by atoms with Gasteiger partial charge >= 0.3 is 0 Å². The lowest BCUT2D eigenvalue weighted by Crippen LogP contribution is -2.20. The first-order valence-electron chi connectivity index (χ1n) is 9.17. The number of rotatable bonds is 6. The van der Waals surface area contributed by atoms with Gasteiger partial charge in [0, 0.05) is 5.56 Å². The van der Waals surface area contributed by atoms with Crippen LogP contribution in [0.25, 0.3) is 22.8 Å². The predicted octanol–water partition coefficient (Wildman–Crippen LogP) is 4.73. The summed E-state index contributed by atoms with van der Waals surface area (Å²) in [5.74, 6) is 1.19. The normalized spacial score (nSPS) is 10.5. The lowest BCUT2D eigenvalue weighted by molar-refractivity contribution is -0.118. The zero-order valence-electron chi connectivity index (χ0n) is 15.8. The molecule has 0 fully saturated rings. The van der Waals surface area contributed by atoms with E-state index in [2.05, 4.69) is 15.5 Å². The molecule has 1 amide bonds. The minimum atomic E-state index is -0.278. The van der Waals surface area contributed by atoms with Gasteiger partial charge in [0.2, 0.25) is 5.82 Å². The smallest absolute Gasteiger partial charge is 0.262 e. The highest BCUT2D eigenvalue weighted by Crippen LogP contribution is 2.28. The van der Waals surface area contributed by atoms with Crippen LogP contribution >= 0.6 is 0 Å². The Labute approximate surface area is 168 Å². The minimum Gasteiger partial charge on any atom is -0.484 e. The van der Waals surface area contributed by atoms with Crippen LogP contribution in [-0.4, -0.2) is 22.7 Å². The Morgan fingerprint density at radius 3 is 2.62 bits per heavy atom. The van der Waals surface area contributed by atoms with Gasteiger partial charge in [-0.15, -0.1) is 0 Å². The van der Waals surface area contributed by atoms with Crippen molar-refractivity contribution < 1.29 is 14.1 Å². The van der Waals surface area contributed by atoms with Crippen molar-refractivity contribution in [1.29, 1.82) is 0 Å². The minimum absolute atomic E-state index is 0.100. The molecular weight excluding hydrogens is 366 g/mol. The molecule has 0 atom stereocenters. The largest absolute Gasteiger partial charge is 0.484 e. The summed E-state index contributed by atoms with van der Waals surface area (Å²) in [5.41, 5.74) is 3.21. The van der Waals surface area contributed by atoms with Crippen LogP contribution in [0.5, 0.6) is 5.75 Å². The van der Waals surface area contributed by atoms with E-state index in [4.69, 9.17) is 9.26 Å². The third kappa shape index (κ3) is 4.50. The Balaban J connectivity index is 1.51. The molecule has 0 aliphatic heterocycles. The van der Waals surface area contributed by atoms with E-state index >= 15 is 0 Å². The number of nitrogens with one attached hydrogen (secondary N) is 1. The average Bonchev–Trinajstić information content (AvgIpc) is 3.24. The fourth-order valence-electron chi connectivity index (χ4n) is 2.86. The third-order valence-corrected chi connectivity index (χ3v) is 4.25. The van der Waals surface area contributed by atoms with Crippen LogP contribution in [0.1, 0.15) is 5.56 Å². The maximum Gasteiger partial charge on any atom is 0.262 e. The number of hydrogen-bond acceptors (Lipinski definition) is 5. The second kappa shape index (κ2) is 8.39. The van der Waals surface area contributed by atoms with E-state index in [9.17, 15) is 4.79 Å². The van der Waals surface area contributed by atoms with E-state index in [0.717, 1.165) is 11.1 Å². The number of carbonyl (C=O) groups excluding carboxylic acids is 1. The molecular formula is C23H19N3O3. The van der Waals surface area contributed by atoms with Crippen LogP contribution < -0.4 is 10.1 Å². The average molecular weight is 385 g/mol. The molecule has 1 aromatic heterocycles. The number of aromatic nitrogens is 2. The highest BCUT2D eigenvalue weighted by Gasteiger charge is 2.15. The number of amides is 1. The Morgan fingerprint density at radius 1 is 1.00 bits per heavy atom. The van der Waals surface area contributed by atoms with Gasteiger partial charge < -0.3 is 14.6 Å². The van der Waals surface area contributed by atoms with Crippen molar-refractivity contribution in [3.8, 4) is 28.6 Å². The van der Waals surface area contributed by atoms with Crippen LogP contribution in [0.2, 0.25) is 0 Å². The number of aryl methyl sites for hydroxylation is 1. The molecule has 6 nitrogen and oxygen atoms in total. The summed E-state index contributed by atoms with van der Waals surface area (Å²) in [5, 5.41) is 6.92. The molecule has 0 bridgehead atoms. The van der Waals surface area contributed by atoms with Crippen LogP contribution in [0.3, 0.4) is 0 Å². The molecule has 0 aliphatic carbocycles. The molecule has 6 heteroatoms. The maximum absolute atomic E-state index is 12.3. The molecule has 0 spiro atoms. The van der Waals surface area contributed by atoms with E-state index < -0.39 is 0 Å². The van der Waals surface area contributed by atoms with Gasteiger partial charge in [-0.2, -0.15) is 4.98 Å². The van der Waals surface area contributed by atoms with Crippen molar-refractivity contribution >= 4 is 11.6 Å². The first kappa shape index (κ1) is 18.4. The van der Waals surface area contributed by atoms with Gasteiger partial charge in [-0.1, -0.05) is 59.3 Å². The van der Waals surface area contributed by atoms with Gasteiger partial charge in [-0.05, 0) is 37.3 Å². The fraction of sp³-hybridized carbons (Fsp3) is 0.0870. The third-order valence-electron chi connectivity index (χ3n) is 4.25. The zero-order chi connectivity index (χ0) is 20.1. The highest BCUT2D eigenvalue weighted by atomic mass is 16.5. The van der Waals surface area contributed by atoms with Gasteiger partial charge in [-0.25, -0.2) is 0 Å². The summed E-state index contributed by atoms with van der Waals surface area (Å²) in [6, 6.07) is 24.3. The number of anilines is 1. The Hall–Kier alpha value is -3.93. The molecule has 0 aliphatic rings. The SMILES string of the molecule is Cc1cccc(-c2noc(-c3ccccc3NC(=O)COc3ccccc3)n2)c1. The van der Waals surface area contributed by atoms with Crippen molar-refractivity contribution in [2.24, 2.45) is 0 Å². The van der Waals surface area contributed by atoms with Crippen molar-refractivity contribution in [3.05, 3.63) is 84.4 Å². The summed E-state index contributed by atoms with van der Waals surface area (Å²) in [6.45, 7) is 1.91. The zero-order valence-corrected chi connectivity index (χ0v) is 15.8. The first-order chi connectivity index (χ1) is 14.2. The number of carbonyl (C=O) groups is 1. The van der Waals surface area contributed by atoms with Crippen LogP contribution in [0, 0.1) is 6.92 Å². The van der Waals surface area contributed by atoms with Crippen LogP contribution in [0.4, 0.5) is 5.69 Å². The Morgan fingerprint density at radius 2 is 1.79 bits per heavy atom. The molecule has 1 heterocycles. The fourth-order valence-corrected chi connectivity index (χ4v) is 2.86. The summed E-state index contributed by atoms with van der Waals surface area (Å²) >= 11 is 0. The number of ether oxygens (including phenoxy) is 1. The van der Waals surface area contributed by atoms with Gasteiger partial charge in [0.05, 0.1) is 11.3 Å².